The number of hydrogen-bond acceptors (Lipinski definition) is 7. The second kappa shape index (κ2) is 7.97. The van der Waals surface area contributed by atoms with Crippen LogP contribution in [0.15, 0.2) is 18.6 Å². The fourth-order valence-corrected chi connectivity index (χ4v) is 3.79. The minimum Gasteiger partial charge on any atom is -0.309 e. The first-order valence-corrected chi connectivity index (χ1v) is 9.06. The normalized spacial score (nSPS) is 26.5. The summed E-state index contributed by atoms with van der Waals surface area (Å²) in [5.74, 6) is -0.160. The number of rotatable bonds is 8. The van der Waals surface area contributed by atoms with Crippen LogP contribution < -0.4 is 10.7 Å². The zero-order valence-corrected chi connectivity index (χ0v) is 15.2. The van der Waals surface area contributed by atoms with Gasteiger partial charge < -0.3 is 5.32 Å². The van der Waals surface area contributed by atoms with E-state index in [2.05, 4.69) is 20.7 Å². The number of hydrazine groups is 1. The van der Waals surface area contributed by atoms with E-state index in [0.29, 0.717) is 36.7 Å². The summed E-state index contributed by atoms with van der Waals surface area (Å²) < 4.78 is 0. The summed E-state index contributed by atoms with van der Waals surface area (Å²) in [5.41, 5.74) is 2.12. The second-order valence-corrected chi connectivity index (χ2v) is 7.02. The fourth-order valence-electron chi connectivity index (χ4n) is 3.79. The summed E-state index contributed by atoms with van der Waals surface area (Å²) in [6, 6.07) is 0.885. The second-order valence-electron chi connectivity index (χ2n) is 7.02. The van der Waals surface area contributed by atoms with Crippen LogP contribution in [0.4, 0.5) is 5.82 Å². The molecular weight excluding hydrogens is 352 g/mol. The summed E-state index contributed by atoms with van der Waals surface area (Å²) in [7, 11) is 0. The van der Waals surface area contributed by atoms with Crippen LogP contribution in [0.1, 0.15) is 32.6 Å². The maximum Gasteiger partial charge on any atom is 0.250 e. The van der Waals surface area contributed by atoms with Gasteiger partial charge in [0.2, 0.25) is 18.2 Å². The Bertz CT molecular complexity index is 702. The number of nitrogens with one attached hydrogen (secondary N) is 2. The maximum atomic E-state index is 13.2. The molecule has 2 fully saturated rings. The molecule has 0 bridgehead atoms. The van der Waals surface area contributed by atoms with Crippen molar-refractivity contribution in [1.29, 1.82) is 0 Å². The number of carbonyl (C=O) groups is 3. The van der Waals surface area contributed by atoms with Crippen molar-refractivity contribution >= 4 is 24.0 Å². The van der Waals surface area contributed by atoms with Crippen molar-refractivity contribution in [3.63, 3.8) is 0 Å². The third-order valence-corrected chi connectivity index (χ3v) is 5.23. The molecule has 1 saturated heterocycles. The summed E-state index contributed by atoms with van der Waals surface area (Å²) in [4.78, 5) is 44.5. The van der Waals surface area contributed by atoms with E-state index in [-0.39, 0.29) is 24.3 Å². The van der Waals surface area contributed by atoms with Crippen LogP contribution in [0.5, 0.6) is 0 Å². The molecule has 0 aromatic carbocycles. The first kappa shape index (κ1) is 19.2. The van der Waals surface area contributed by atoms with E-state index in [4.69, 9.17) is 0 Å². The largest absolute Gasteiger partial charge is 0.309 e. The van der Waals surface area contributed by atoms with Gasteiger partial charge in [0.25, 0.3) is 0 Å². The molecule has 1 aliphatic heterocycles. The highest BCUT2D eigenvalue weighted by molar-refractivity contribution is 5.98. The number of anilines is 1. The van der Waals surface area contributed by atoms with E-state index >= 15 is 0 Å². The molecule has 146 valence electrons. The quantitative estimate of drug-likeness (QED) is 0.335. The summed E-state index contributed by atoms with van der Waals surface area (Å²) >= 11 is 0. The van der Waals surface area contributed by atoms with Gasteiger partial charge in [-0.3, -0.25) is 24.6 Å². The third kappa shape index (κ3) is 3.91. The van der Waals surface area contributed by atoms with E-state index in [1.807, 2.05) is 6.92 Å². The van der Waals surface area contributed by atoms with Gasteiger partial charge in [-0.2, -0.15) is 0 Å². The molecule has 3 atom stereocenters. The lowest BCUT2D eigenvalue weighted by atomic mass is 9.98. The van der Waals surface area contributed by atoms with Crippen LogP contribution in [0.2, 0.25) is 0 Å². The predicted molar refractivity (Wildman–Crippen MR) is 93.9 cm³/mol. The average molecular weight is 376 g/mol. The maximum absolute atomic E-state index is 13.2. The average Bonchev–Trinajstić information content (AvgIpc) is 3.14. The van der Waals surface area contributed by atoms with Gasteiger partial charge in [-0.15, -0.1) is 0 Å². The first-order valence-electron chi connectivity index (χ1n) is 9.06. The highest BCUT2D eigenvalue weighted by Gasteiger charge is 2.62. The molecular formula is C17H24N6O4. The zero-order chi connectivity index (χ0) is 19.4. The van der Waals surface area contributed by atoms with Crippen LogP contribution in [0.3, 0.4) is 0 Å². The minimum atomic E-state index is -0.851. The number of hydrogen-bond donors (Lipinski definition) is 3. The Kier molecular flexibility index (Phi) is 5.66. The number of aromatic nitrogens is 2. The van der Waals surface area contributed by atoms with Gasteiger partial charge in [0.05, 0.1) is 12.0 Å². The highest BCUT2D eigenvalue weighted by atomic mass is 16.5. The highest BCUT2D eigenvalue weighted by Crippen LogP contribution is 2.56. The van der Waals surface area contributed by atoms with E-state index in [0.717, 1.165) is 12.8 Å². The first-order chi connectivity index (χ1) is 13.0. The molecule has 2 unspecified atom stereocenters. The third-order valence-electron chi connectivity index (χ3n) is 5.23. The van der Waals surface area contributed by atoms with Gasteiger partial charge in [-0.1, -0.05) is 13.3 Å². The van der Waals surface area contributed by atoms with Gasteiger partial charge in [0, 0.05) is 12.7 Å². The van der Waals surface area contributed by atoms with Crippen LogP contribution in [-0.2, 0) is 14.4 Å². The molecule has 1 aliphatic carbocycles. The van der Waals surface area contributed by atoms with Gasteiger partial charge in [0.1, 0.15) is 18.2 Å². The van der Waals surface area contributed by atoms with Gasteiger partial charge >= 0.3 is 0 Å². The molecule has 1 aromatic heterocycles. The Morgan fingerprint density at radius 1 is 1.56 bits per heavy atom. The van der Waals surface area contributed by atoms with Gasteiger partial charge in [0.15, 0.2) is 0 Å². The van der Waals surface area contributed by atoms with Gasteiger partial charge in [-0.05, 0) is 31.2 Å². The van der Waals surface area contributed by atoms with E-state index in [1.54, 1.807) is 6.07 Å². The molecule has 1 aromatic rings. The predicted octanol–water partition coefficient (Wildman–Crippen LogP) is 0.175. The van der Waals surface area contributed by atoms with Crippen molar-refractivity contribution in [1.82, 2.24) is 25.5 Å². The van der Waals surface area contributed by atoms with E-state index in [9.17, 15) is 19.6 Å². The van der Waals surface area contributed by atoms with E-state index < -0.39 is 11.5 Å². The Morgan fingerprint density at radius 3 is 3.04 bits per heavy atom. The number of hydroxylamine groups is 2. The molecule has 3 amide bonds. The van der Waals surface area contributed by atoms with Crippen LogP contribution in [-0.4, -0.2) is 62.6 Å². The Morgan fingerprint density at radius 2 is 2.37 bits per heavy atom. The monoisotopic (exact) mass is 376 g/mol. The number of carbonyl (C=O) groups excluding carboxylic acids is 3. The molecule has 2 aliphatic rings. The molecule has 10 heteroatoms. The van der Waals surface area contributed by atoms with Gasteiger partial charge in [-0.25, -0.2) is 20.5 Å². The lowest BCUT2D eigenvalue weighted by Gasteiger charge is -2.29. The standard InChI is InChI=1S/C17H24N6O4/c1-2-3-12-8-17(12,9-22(27)11-24)16(26)23-13(4-7-20-23)15(25)21-14-5-6-18-10-19-14/h5-6,10-13,20,27H,2-4,7-9H2,1H3,(H,18,19,21,25)/t12?,13-,17?/m0/s1. The SMILES string of the molecule is CCCC1CC1(CN(O)C=O)C(=O)N1NCC[C@H]1C(=O)Nc1ccncn1. The van der Waals surface area contributed by atoms with Crippen molar-refractivity contribution in [2.24, 2.45) is 11.3 Å². The number of amides is 3. The molecule has 10 nitrogen and oxygen atoms in total. The molecule has 3 rings (SSSR count). The summed E-state index contributed by atoms with van der Waals surface area (Å²) in [6.07, 6.45) is 5.92. The molecule has 0 radical (unpaired) electrons. The fraction of sp³-hybridized carbons (Fsp3) is 0.588. The van der Waals surface area contributed by atoms with Crippen LogP contribution in [0, 0.1) is 11.3 Å². The smallest absolute Gasteiger partial charge is 0.250 e. The molecule has 2 heterocycles. The Balaban J connectivity index is 1.73. The lowest BCUT2D eigenvalue weighted by molar-refractivity contribution is -0.161. The Labute approximate surface area is 156 Å². The van der Waals surface area contributed by atoms with Crippen LogP contribution in [0.25, 0.3) is 0 Å². The van der Waals surface area contributed by atoms with Crippen molar-refractivity contribution in [2.75, 3.05) is 18.4 Å². The molecule has 3 N–H and O–H groups in total. The zero-order valence-electron chi connectivity index (χ0n) is 15.2. The number of nitrogens with zero attached hydrogens (tertiary/aromatic N) is 4. The lowest BCUT2D eigenvalue weighted by Crippen LogP contribution is -2.52. The molecule has 0 spiro atoms. The summed E-state index contributed by atoms with van der Waals surface area (Å²) in [5, 5.41) is 14.2. The van der Waals surface area contributed by atoms with Crippen molar-refractivity contribution < 1.29 is 19.6 Å². The van der Waals surface area contributed by atoms with Crippen molar-refractivity contribution in [3.8, 4) is 0 Å². The summed E-state index contributed by atoms with van der Waals surface area (Å²) in [6.45, 7) is 2.44. The van der Waals surface area contributed by atoms with Crippen molar-refractivity contribution in [3.05, 3.63) is 18.6 Å². The van der Waals surface area contributed by atoms with Crippen LogP contribution >= 0.6 is 0 Å². The topological polar surface area (TPSA) is 128 Å². The molecule has 1 saturated carbocycles. The molecule has 27 heavy (non-hydrogen) atoms. The van der Waals surface area contributed by atoms with Crippen molar-refractivity contribution in [2.45, 2.75) is 38.6 Å². The van der Waals surface area contributed by atoms with E-state index in [1.165, 1.54) is 17.5 Å². The Hall–Kier alpha value is -2.59. The minimum absolute atomic E-state index is 0.0710.